The van der Waals surface area contributed by atoms with Crippen LogP contribution in [-0.4, -0.2) is 74.2 Å². The van der Waals surface area contributed by atoms with Crippen LogP contribution < -0.4 is 4.74 Å². The second-order valence-corrected chi connectivity index (χ2v) is 10.8. The number of rotatable bonds is 10. The highest BCUT2D eigenvalue weighted by atomic mass is 35.5. The maximum Gasteiger partial charge on any atom is 0.303 e. The average Bonchev–Trinajstić information content (AvgIpc) is 3.44. The zero-order valence-corrected chi connectivity index (χ0v) is 25.2. The molecule has 43 heavy (non-hydrogen) atoms. The molecule has 0 spiro atoms. The van der Waals surface area contributed by atoms with Crippen molar-refractivity contribution in [2.24, 2.45) is 0 Å². The number of ether oxygens (including phenoxy) is 7. The lowest BCUT2D eigenvalue weighted by molar-refractivity contribution is -0.254. The van der Waals surface area contributed by atoms with Gasteiger partial charge >= 0.3 is 23.9 Å². The van der Waals surface area contributed by atoms with E-state index in [9.17, 15) is 19.2 Å². The first kappa shape index (κ1) is 32.2. The molecule has 2 aliphatic heterocycles. The van der Waals surface area contributed by atoms with Crippen LogP contribution in [0, 0.1) is 0 Å². The molecule has 2 heterocycles. The van der Waals surface area contributed by atoms with Gasteiger partial charge in [-0.2, -0.15) is 0 Å². The third-order valence-corrected chi connectivity index (χ3v) is 7.27. The first-order chi connectivity index (χ1) is 20.5. The molecule has 2 aromatic rings. The summed E-state index contributed by atoms with van der Waals surface area (Å²) in [5.74, 6) is -1.90. The van der Waals surface area contributed by atoms with Crippen LogP contribution in [0.4, 0.5) is 0 Å². The van der Waals surface area contributed by atoms with Crippen LogP contribution in [-0.2, 0) is 54.0 Å². The van der Waals surface area contributed by atoms with Crippen molar-refractivity contribution in [2.45, 2.75) is 77.2 Å². The Morgan fingerprint density at radius 1 is 0.837 bits per heavy atom. The monoisotopic (exact) mass is 618 g/mol. The van der Waals surface area contributed by atoms with Crippen LogP contribution in [0.3, 0.4) is 0 Å². The summed E-state index contributed by atoms with van der Waals surface area (Å²) in [6.45, 7) is 5.73. The van der Waals surface area contributed by atoms with Crippen molar-refractivity contribution >= 4 is 35.5 Å². The number of hydrogen-bond acceptors (Lipinski definition) is 11. The molecule has 1 unspecified atom stereocenters. The van der Waals surface area contributed by atoms with E-state index in [4.69, 9.17) is 44.8 Å². The van der Waals surface area contributed by atoms with Gasteiger partial charge in [0.15, 0.2) is 18.3 Å². The summed E-state index contributed by atoms with van der Waals surface area (Å²) in [5.41, 5.74) is 2.28. The predicted octanol–water partition coefficient (Wildman–Crippen LogP) is 3.90. The first-order valence-electron chi connectivity index (χ1n) is 13.9. The van der Waals surface area contributed by atoms with Crippen molar-refractivity contribution in [3.05, 3.63) is 64.2 Å². The molecule has 0 N–H and O–H groups in total. The van der Waals surface area contributed by atoms with E-state index >= 15 is 0 Å². The predicted molar refractivity (Wildman–Crippen MR) is 151 cm³/mol. The minimum atomic E-state index is -1.26. The first-order valence-corrected chi connectivity index (χ1v) is 14.3. The normalized spacial score (nSPS) is 25.0. The molecule has 0 radical (unpaired) electrons. The van der Waals surface area contributed by atoms with E-state index in [2.05, 4.69) is 0 Å². The lowest BCUT2D eigenvalue weighted by Crippen LogP contribution is -2.59. The number of hydrogen-bond donors (Lipinski definition) is 0. The second-order valence-electron chi connectivity index (χ2n) is 10.4. The number of esters is 4. The van der Waals surface area contributed by atoms with Gasteiger partial charge in [0.1, 0.15) is 30.7 Å². The molecule has 4 rings (SSSR count). The fraction of sp³-hybridized carbons (Fsp3) is 0.484. The van der Waals surface area contributed by atoms with Crippen molar-refractivity contribution in [1.29, 1.82) is 0 Å². The molecule has 12 heteroatoms. The van der Waals surface area contributed by atoms with Crippen molar-refractivity contribution in [3.8, 4) is 5.75 Å². The molecule has 2 fully saturated rings. The van der Waals surface area contributed by atoms with Gasteiger partial charge < -0.3 is 33.2 Å². The van der Waals surface area contributed by atoms with E-state index in [-0.39, 0.29) is 12.7 Å². The highest BCUT2D eigenvalue weighted by Gasteiger charge is 2.52. The minimum absolute atomic E-state index is 0.0403. The molecule has 0 aliphatic carbocycles. The van der Waals surface area contributed by atoms with E-state index in [0.29, 0.717) is 30.2 Å². The van der Waals surface area contributed by atoms with Crippen molar-refractivity contribution in [1.82, 2.24) is 0 Å². The second kappa shape index (κ2) is 14.7. The highest BCUT2D eigenvalue weighted by Crippen LogP contribution is 2.39. The Morgan fingerprint density at radius 3 is 2.09 bits per heavy atom. The SMILES string of the molecule is CC(=O)OC[C@H]1O[C@H](c2ccc(Cl)c(Cc3ccc(OC4CCOC4)cc3)c2)[C@H](OC(C)=O)[C@@H](OC(C)=O)[C@@H]1OC(C)=O. The van der Waals surface area contributed by atoms with E-state index < -0.39 is 54.4 Å². The lowest BCUT2D eigenvalue weighted by atomic mass is 9.89. The number of carbonyl (C=O) groups excluding carboxylic acids is 4. The Kier molecular flexibility index (Phi) is 11.0. The number of halogens is 1. The number of benzene rings is 2. The summed E-state index contributed by atoms with van der Waals surface area (Å²) in [7, 11) is 0. The van der Waals surface area contributed by atoms with Crippen LogP contribution >= 0.6 is 11.6 Å². The van der Waals surface area contributed by atoms with Crippen molar-refractivity contribution < 1.29 is 52.3 Å². The van der Waals surface area contributed by atoms with Gasteiger partial charge in [-0.25, -0.2) is 0 Å². The summed E-state index contributed by atoms with van der Waals surface area (Å²) >= 11 is 6.59. The summed E-state index contributed by atoms with van der Waals surface area (Å²) < 4.78 is 39.4. The van der Waals surface area contributed by atoms with Gasteiger partial charge in [-0.15, -0.1) is 0 Å². The maximum atomic E-state index is 12.2. The Hall–Kier alpha value is -3.67. The van der Waals surface area contributed by atoms with Gasteiger partial charge in [-0.05, 0) is 41.3 Å². The molecular formula is C31H35ClO11. The smallest absolute Gasteiger partial charge is 0.303 e. The van der Waals surface area contributed by atoms with Crippen LogP contribution in [0.1, 0.15) is 56.9 Å². The third kappa shape index (κ3) is 8.92. The Labute approximate surface area is 254 Å². The van der Waals surface area contributed by atoms with Crippen LogP contribution in [0.5, 0.6) is 5.75 Å². The topological polar surface area (TPSA) is 133 Å². The largest absolute Gasteiger partial charge is 0.488 e. The van der Waals surface area contributed by atoms with Crippen molar-refractivity contribution in [3.63, 3.8) is 0 Å². The summed E-state index contributed by atoms with van der Waals surface area (Å²) in [4.78, 5) is 48.0. The van der Waals surface area contributed by atoms with Gasteiger partial charge in [-0.1, -0.05) is 35.9 Å². The molecule has 0 aromatic heterocycles. The molecule has 2 aromatic carbocycles. The average molecular weight is 619 g/mol. The fourth-order valence-corrected chi connectivity index (χ4v) is 5.29. The van der Waals surface area contributed by atoms with Crippen LogP contribution in [0.25, 0.3) is 0 Å². The molecule has 2 aliphatic rings. The van der Waals surface area contributed by atoms with E-state index in [1.807, 2.05) is 30.3 Å². The van der Waals surface area contributed by atoms with Gasteiger partial charge in [0.05, 0.1) is 13.2 Å². The maximum absolute atomic E-state index is 12.2. The van der Waals surface area contributed by atoms with Gasteiger partial charge in [0.2, 0.25) is 0 Å². The quantitative estimate of drug-likeness (QED) is 0.284. The molecule has 0 amide bonds. The Bertz CT molecular complexity index is 1310. The minimum Gasteiger partial charge on any atom is -0.488 e. The zero-order valence-electron chi connectivity index (χ0n) is 24.4. The van der Waals surface area contributed by atoms with E-state index in [1.165, 1.54) is 27.7 Å². The molecule has 0 bridgehead atoms. The fourth-order valence-electron chi connectivity index (χ4n) is 5.11. The standard InChI is InChI=1S/C31H35ClO11/c1-17(33)38-16-27-29(39-18(2)34)31(41-20(4)36)30(40-19(3)35)28(43-27)22-7-10-26(32)23(14-22)13-21-5-8-24(9-6-21)42-25-11-12-37-15-25/h5-10,14,25,27-31H,11-13,15-16H2,1-4H3/t25?,27-,28-,29-,30+,31+/m1/s1. The molecule has 0 saturated carbocycles. The van der Waals surface area contributed by atoms with Crippen LogP contribution in [0.15, 0.2) is 42.5 Å². The van der Waals surface area contributed by atoms with Gasteiger partial charge in [0, 0.05) is 39.1 Å². The van der Waals surface area contributed by atoms with Crippen LogP contribution in [0.2, 0.25) is 5.02 Å². The summed E-state index contributed by atoms with van der Waals surface area (Å²) in [6.07, 6.45) is -4.39. The Balaban J connectivity index is 1.65. The molecule has 6 atom stereocenters. The zero-order chi connectivity index (χ0) is 31.1. The van der Waals surface area contributed by atoms with Crippen molar-refractivity contribution in [2.75, 3.05) is 19.8 Å². The van der Waals surface area contributed by atoms with E-state index in [0.717, 1.165) is 23.3 Å². The summed E-state index contributed by atoms with van der Waals surface area (Å²) in [5, 5.41) is 0.498. The van der Waals surface area contributed by atoms with Gasteiger partial charge in [0.25, 0.3) is 0 Å². The third-order valence-electron chi connectivity index (χ3n) is 6.90. The molecular weight excluding hydrogens is 584 g/mol. The summed E-state index contributed by atoms with van der Waals surface area (Å²) in [6, 6.07) is 12.9. The molecule has 2 saturated heterocycles. The van der Waals surface area contributed by atoms with Gasteiger partial charge in [-0.3, -0.25) is 19.2 Å². The highest BCUT2D eigenvalue weighted by molar-refractivity contribution is 6.31. The number of carbonyl (C=O) groups is 4. The molecule has 232 valence electrons. The van der Waals surface area contributed by atoms with E-state index in [1.54, 1.807) is 12.1 Å². The lowest BCUT2D eigenvalue weighted by Gasteiger charge is -2.44. The molecule has 11 nitrogen and oxygen atoms in total. The Morgan fingerprint density at radius 2 is 1.49 bits per heavy atom.